The van der Waals surface area contributed by atoms with Crippen molar-refractivity contribution >= 4 is 5.78 Å². The number of hydrogen-bond acceptors (Lipinski definition) is 8. The van der Waals surface area contributed by atoms with Gasteiger partial charge in [-0.2, -0.15) is 0 Å². The van der Waals surface area contributed by atoms with Gasteiger partial charge in [-0.05, 0) is 54.2 Å². The summed E-state index contributed by atoms with van der Waals surface area (Å²) in [6.45, 7) is 1.98. The van der Waals surface area contributed by atoms with Crippen molar-refractivity contribution in [2.45, 2.75) is 51.7 Å². The van der Waals surface area contributed by atoms with Crippen LogP contribution in [0.1, 0.15) is 64.3 Å². The van der Waals surface area contributed by atoms with Gasteiger partial charge >= 0.3 is 0 Å². The van der Waals surface area contributed by atoms with Gasteiger partial charge in [-0.15, -0.1) is 0 Å². The first-order valence-corrected chi connectivity index (χ1v) is 14.5. The normalized spacial score (nSPS) is 14.3. The molecule has 4 aromatic rings. The fourth-order valence-electron chi connectivity index (χ4n) is 5.53. The first kappa shape index (κ1) is 30.0. The van der Waals surface area contributed by atoms with Gasteiger partial charge in [-0.25, -0.2) is 0 Å². The smallest absolute Gasteiger partial charge is 0.204 e. The molecule has 0 fully saturated rings. The zero-order valence-corrected chi connectivity index (χ0v) is 24.4. The molecular weight excluding hydrogens is 550 g/mol. The van der Waals surface area contributed by atoms with Crippen LogP contribution in [-0.2, 0) is 25.9 Å². The highest BCUT2D eigenvalue weighted by Gasteiger charge is 2.37. The number of phenols is 2. The van der Waals surface area contributed by atoms with Gasteiger partial charge in [-0.1, -0.05) is 43.3 Å². The molecule has 9 nitrogen and oxygen atoms in total. The topological polar surface area (TPSA) is 141 Å². The van der Waals surface area contributed by atoms with E-state index in [-0.39, 0.29) is 66.3 Å². The number of benzene rings is 3. The molecule has 1 aliphatic heterocycles. The molecule has 3 aromatic carbocycles. The second kappa shape index (κ2) is 13.2. The zero-order chi connectivity index (χ0) is 30.5. The monoisotopic (exact) mass is 587 g/mol. The highest BCUT2D eigenvalue weighted by Crippen LogP contribution is 2.52. The number of H-pyrrole nitrogens is 1. The number of ketones is 1. The number of aryl methyl sites for hydroxylation is 2. The average Bonchev–Trinajstić information content (AvgIpc) is 3.45. The number of ether oxygens (including phenoxy) is 3. The number of aromatic nitrogens is 1. The van der Waals surface area contributed by atoms with Crippen LogP contribution in [0.25, 0.3) is 11.1 Å². The lowest BCUT2D eigenvalue weighted by molar-refractivity contribution is 0.0837. The van der Waals surface area contributed by atoms with Gasteiger partial charge in [0.1, 0.15) is 23.2 Å². The fourth-order valence-corrected chi connectivity index (χ4v) is 5.53. The minimum absolute atomic E-state index is 0.0349. The molecule has 5 N–H and O–H groups in total. The number of aromatic hydroxyl groups is 2. The molecule has 0 saturated heterocycles. The summed E-state index contributed by atoms with van der Waals surface area (Å²) < 4.78 is 17.9. The molecule has 0 bridgehead atoms. The van der Waals surface area contributed by atoms with Crippen molar-refractivity contribution in [1.82, 2.24) is 4.98 Å². The molecule has 0 amide bonds. The molecule has 0 radical (unpaired) electrons. The molecule has 226 valence electrons. The summed E-state index contributed by atoms with van der Waals surface area (Å²) in [5, 5.41) is 40.4. The molecule has 9 heteroatoms. The number of methoxy groups -OCH3 is 1. The van der Waals surface area contributed by atoms with E-state index in [0.717, 1.165) is 34.5 Å². The van der Waals surface area contributed by atoms with Crippen LogP contribution >= 0.6 is 0 Å². The first-order valence-electron chi connectivity index (χ1n) is 14.5. The quantitative estimate of drug-likeness (QED) is 0.139. The summed E-state index contributed by atoms with van der Waals surface area (Å²) in [5.74, 6) is 0.0925. The predicted molar refractivity (Wildman–Crippen MR) is 161 cm³/mol. The molecule has 0 spiro atoms. The van der Waals surface area contributed by atoms with E-state index in [1.165, 1.54) is 19.2 Å². The molecule has 1 atom stereocenters. The molecule has 5 rings (SSSR count). The number of phenolic OH excluding ortho intramolecular Hbond substituents is 2. The van der Waals surface area contributed by atoms with Crippen molar-refractivity contribution in [2.24, 2.45) is 0 Å². The number of nitrogens with one attached hydrogen (secondary N) is 1. The summed E-state index contributed by atoms with van der Waals surface area (Å²) in [6.07, 6.45) is 1.42. The largest absolute Gasteiger partial charge is 0.508 e. The van der Waals surface area contributed by atoms with Crippen molar-refractivity contribution in [2.75, 3.05) is 20.3 Å². The lowest BCUT2D eigenvalue weighted by Gasteiger charge is -2.30. The number of carbonyl (C=O) groups excluding carboxylic acids is 1. The SMILES string of the molecule is CCc1cc(-c2cccc(CCc3c(O)c(OC)c(OCCCO)c4c3OC(c3ccc(O)cc3)CC4=O)c2)c(CO)[nH]1. The number of hydrogen-bond donors (Lipinski definition) is 5. The van der Waals surface area contributed by atoms with Gasteiger partial charge < -0.3 is 39.6 Å². The predicted octanol–water partition coefficient (Wildman–Crippen LogP) is 5.41. The summed E-state index contributed by atoms with van der Waals surface area (Å²) >= 11 is 0. The standard InChI is InChI=1S/C34H37NO8/c1-3-23-17-26(27(19-37)35-23)22-7-4-6-20(16-22)8-13-25-31(40)34(41-2)33(42-15-5-14-36)30-28(39)18-29(43-32(25)30)21-9-11-24(38)12-10-21/h4,6-7,9-12,16-17,29,35-38,40H,3,5,8,13-15,18-19H2,1-2H3. The summed E-state index contributed by atoms with van der Waals surface area (Å²) in [6, 6.07) is 16.5. The second-order valence-corrected chi connectivity index (χ2v) is 10.5. The number of fused-ring (bicyclic) bond motifs is 1. The molecule has 0 saturated carbocycles. The number of aliphatic hydroxyl groups is 2. The molecule has 1 unspecified atom stereocenters. The van der Waals surface area contributed by atoms with Crippen LogP contribution in [0.15, 0.2) is 54.6 Å². The van der Waals surface area contributed by atoms with Crippen molar-refractivity contribution in [1.29, 1.82) is 0 Å². The number of aromatic amines is 1. The van der Waals surface area contributed by atoms with Crippen LogP contribution in [0.2, 0.25) is 0 Å². The van der Waals surface area contributed by atoms with Crippen LogP contribution in [-0.4, -0.2) is 51.5 Å². The fraction of sp³-hybridized carbons (Fsp3) is 0.324. The number of carbonyl (C=O) groups is 1. The molecule has 2 heterocycles. The van der Waals surface area contributed by atoms with Crippen molar-refractivity contribution < 1.29 is 39.4 Å². The van der Waals surface area contributed by atoms with Crippen LogP contribution in [0.5, 0.6) is 28.7 Å². The Morgan fingerprint density at radius 3 is 2.51 bits per heavy atom. The molecule has 1 aromatic heterocycles. The molecular formula is C34H37NO8. The summed E-state index contributed by atoms with van der Waals surface area (Å²) in [7, 11) is 1.40. The van der Waals surface area contributed by atoms with E-state index in [4.69, 9.17) is 14.2 Å². The van der Waals surface area contributed by atoms with E-state index >= 15 is 0 Å². The molecule has 1 aliphatic rings. The Bertz CT molecular complexity index is 1590. The lowest BCUT2D eigenvalue weighted by atomic mass is 9.90. The van der Waals surface area contributed by atoms with Gasteiger partial charge in [0.15, 0.2) is 17.3 Å². The Morgan fingerprint density at radius 1 is 1.02 bits per heavy atom. The van der Waals surface area contributed by atoms with Gasteiger partial charge in [0, 0.05) is 35.5 Å². The van der Waals surface area contributed by atoms with Crippen molar-refractivity contribution in [3.05, 3.63) is 88.2 Å². The Labute approximate surface area is 250 Å². The van der Waals surface area contributed by atoms with Crippen molar-refractivity contribution in [3.63, 3.8) is 0 Å². The first-order chi connectivity index (χ1) is 20.9. The maximum atomic E-state index is 13.7. The van der Waals surface area contributed by atoms with E-state index in [2.05, 4.69) is 24.0 Å². The minimum Gasteiger partial charge on any atom is -0.508 e. The summed E-state index contributed by atoms with van der Waals surface area (Å²) in [5.41, 5.74) is 6.05. The Kier molecular flexibility index (Phi) is 9.23. The lowest BCUT2D eigenvalue weighted by Crippen LogP contribution is -2.23. The Morgan fingerprint density at radius 2 is 1.81 bits per heavy atom. The zero-order valence-electron chi connectivity index (χ0n) is 24.4. The Balaban J connectivity index is 1.53. The summed E-state index contributed by atoms with van der Waals surface area (Å²) in [4.78, 5) is 16.9. The van der Waals surface area contributed by atoms with Gasteiger partial charge in [0.2, 0.25) is 5.75 Å². The number of rotatable bonds is 12. The van der Waals surface area contributed by atoms with E-state index in [1.54, 1.807) is 12.1 Å². The molecule has 0 aliphatic carbocycles. The highest BCUT2D eigenvalue weighted by molar-refractivity contribution is 6.04. The van der Waals surface area contributed by atoms with Crippen LogP contribution in [0, 0.1) is 0 Å². The second-order valence-electron chi connectivity index (χ2n) is 10.5. The van der Waals surface area contributed by atoms with Crippen molar-refractivity contribution in [3.8, 4) is 39.9 Å². The Hall–Kier alpha value is -4.47. The van der Waals surface area contributed by atoms with Crippen LogP contribution < -0.4 is 14.2 Å². The van der Waals surface area contributed by atoms with Gasteiger partial charge in [0.25, 0.3) is 0 Å². The van der Waals surface area contributed by atoms with E-state index in [1.807, 2.05) is 18.2 Å². The van der Waals surface area contributed by atoms with E-state index in [0.29, 0.717) is 30.4 Å². The number of aliphatic hydroxyl groups excluding tert-OH is 2. The van der Waals surface area contributed by atoms with Gasteiger partial charge in [0.05, 0.1) is 26.7 Å². The third-order valence-corrected chi connectivity index (χ3v) is 7.76. The van der Waals surface area contributed by atoms with Crippen LogP contribution in [0.4, 0.5) is 0 Å². The van der Waals surface area contributed by atoms with E-state index < -0.39 is 6.10 Å². The maximum absolute atomic E-state index is 13.7. The minimum atomic E-state index is -0.626. The third-order valence-electron chi connectivity index (χ3n) is 7.76. The van der Waals surface area contributed by atoms with E-state index in [9.17, 15) is 25.2 Å². The van der Waals surface area contributed by atoms with Crippen LogP contribution in [0.3, 0.4) is 0 Å². The average molecular weight is 588 g/mol. The maximum Gasteiger partial charge on any atom is 0.204 e. The molecule has 43 heavy (non-hydrogen) atoms. The highest BCUT2D eigenvalue weighted by atomic mass is 16.5. The third kappa shape index (κ3) is 6.18. The van der Waals surface area contributed by atoms with Gasteiger partial charge in [-0.3, -0.25) is 4.79 Å². The number of Topliss-reactive ketones (excluding diaryl/α,β-unsaturated/α-hetero) is 1.